The Kier molecular flexibility index (Phi) is 6.56. The van der Waals surface area contributed by atoms with Gasteiger partial charge in [0, 0.05) is 32.7 Å². The van der Waals surface area contributed by atoms with E-state index in [1.54, 1.807) is 0 Å². The maximum atomic E-state index is 13.8. The van der Waals surface area contributed by atoms with Crippen LogP contribution in [-0.4, -0.2) is 48.4 Å². The summed E-state index contributed by atoms with van der Waals surface area (Å²) in [6.07, 6.45) is 7.36. The summed E-state index contributed by atoms with van der Waals surface area (Å²) in [6, 6.07) is 17.6. The van der Waals surface area contributed by atoms with E-state index < -0.39 is 0 Å². The maximum absolute atomic E-state index is 13.8. The standard InChI is InChI=1S/C30H40N2O2/c1-23-10-12-26(13-11-23)29(15-6-7-16-29)28(33)31(3)24(2)14-19-32-20-17-30(18-21-32)27-9-5-4-8-25(27)22-34-30/h4-5,8-13,24H,6-7,14-22H2,1-3H3. The molecule has 1 saturated carbocycles. The minimum absolute atomic E-state index is 0.0750. The fourth-order valence-corrected chi connectivity index (χ4v) is 6.51. The van der Waals surface area contributed by atoms with Crippen LogP contribution < -0.4 is 0 Å². The van der Waals surface area contributed by atoms with Gasteiger partial charge in [-0.25, -0.2) is 0 Å². The summed E-state index contributed by atoms with van der Waals surface area (Å²) in [6.45, 7) is 8.24. The summed E-state index contributed by atoms with van der Waals surface area (Å²) in [5.74, 6) is 0.315. The Morgan fingerprint density at radius 1 is 1.03 bits per heavy atom. The molecule has 1 unspecified atom stereocenters. The third kappa shape index (κ3) is 4.20. The van der Waals surface area contributed by atoms with Crippen LogP contribution in [0.15, 0.2) is 48.5 Å². The van der Waals surface area contributed by atoms with Crippen LogP contribution in [0.1, 0.15) is 74.1 Å². The van der Waals surface area contributed by atoms with E-state index in [2.05, 4.69) is 67.3 Å². The first kappa shape index (κ1) is 23.6. The van der Waals surface area contributed by atoms with Gasteiger partial charge in [0.25, 0.3) is 0 Å². The zero-order chi connectivity index (χ0) is 23.8. The fraction of sp³-hybridized carbons (Fsp3) is 0.567. The second-order valence-corrected chi connectivity index (χ2v) is 11.0. The number of aryl methyl sites for hydroxylation is 1. The average Bonchev–Trinajstić information content (AvgIpc) is 3.50. The summed E-state index contributed by atoms with van der Waals surface area (Å²) in [5, 5.41) is 0. The number of carbonyl (C=O) groups excluding carboxylic acids is 1. The number of carbonyl (C=O) groups is 1. The minimum atomic E-state index is -0.332. The van der Waals surface area contributed by atoms with Crippen LogP contribution in [0.5, 0.6) is 0 Å². The molecular formula is C30H40N2O2. The summed E-state index contributed by atoms with van der Waals surface area (Å²) < 4.78 is 6.33. The molecule has 34 heavy (non-hydrogen) atoms. The Labute approximate surface area is 205 Å². The van der Waals surface area contributed by atoms with E-state index in [9.17, 15) is 4.79 Å². The van der Waals surface area contributed by atoms with Gasteiger partial charge >= 0.3 is 0 Å². The first-order chi connectivity index (χ1) is 16.4. The van der Waals surface area contributed by atoms with E-state index >= 15 is 0 Å². The molecule has 1 aliphatic carbocycles. The van der Waals surface area contributed by atoms with Gasteiger partial charge in [-0.3, -0.25) is 4.79 Å². The Morgan fingerprint density at radius 3 is 2.41 bits per heavy atom. The van der Waals surface area contributed by atoms with Gasteiger partial charge in [0.05, 0.1) is 17.6 Å². The molecule has 2 aromatic carbocycles. The second-order valence-electron chi connectivity index (χ2n) is 11.0. The van der Waals surface area contributed by atoms with Crippen LogP contribution in [0.25, 0.3) is 0 Å². The van der Waals surface area contributed by atoms with Gasteiger partial charge in [0.1, 0.15) is 0 Å². The second kappa shape index (κ2) is 9.47. The summed E-state index contributed by atoms with van der Waals surface area (Å²) in [5.41, 5.74) is 4.82. The zero-order valence-electron chi connectivity index (χ0n) is 21.2. The molecule has 182 valence electrons. The summed E-state index contributed by atoms with van der Waals surface area (Å²) >= 11 is 0. The summed E-state index contributed by atoms with van der Waals surface area (Å²) in [4.78, 5) is 18.4. The molecule has 1 atom stereocenters. The monoisotopic (exact) mass is 460 g/mol. The number of amides is 1. The number of benzene rings is 2. The zero-order valence-corrected chi connectivity index (χ0v) is 21.2. The fourth-order valence-electron chi connectivity index (χ4n) is 6.51. The highest BCUT2D eigenvalue weighted by Gasteiger charge is 2.45. The van der Waals surface area contributed by atoms with Crippen molar-refractivity contribution >= 4 is 5.91 Å². The molecule has 1 amide bonds. The number of rotatable bonds is 6. The smallest absolute Gasteiger partial charge is 0.233 e. The molecule has 0 bridgehead atoms. The van der Waals surface area contributed by atoms with Crippen molar-refractivity contribution in [3.8, 4) is 0 Å². The lowest BCUT2D eigenvalue weighted by atomic mass is 9.77. The van der Waals surface area contributed by atoms with Gasteiger partial charge in [-0.05, 0) is 62.6 Å². The Morgan fingerprint density at radius 2 is 1.71 bits per heavy atom. The van der Waals surface area contributed by atoms with Crippen molar-refractivity contribution in [2.75, 3.05) is 26.7 Å². The van der Waals surface area contributed by atoms with E-state index in [0.717, 1.165) is 71.2 Å². The van der Waals surface area contributed by atoms with Gasteiger partial charge < -0.3 is 14.5 Å². The van der Waals surface area contributed by atoms with Crippen molar-refractivity contribution in [2.24, 2.45) is 0 Å². The number of ether oxygens (including phenoxy) is 1. The van der Waals surface area contributed by atoms with Crippen molar-refractivity contribution in [3.05, 3.63) is 70.8 Å². The number of piperidine rings is 1. The normalized spacial score (nSPS) is 22.0. The van der Waals surface area contributed by atoms with Crippen LogP contribution in [0.4, 0.5) is 0 Å². The van der Waals surface area contributed by atoms with Crippen LogP contribution in [0.2, 0.25) is 0 Å². The van der Waals surface area contributed by atoms with Gasteiger partial charge in [-0.2, -0.15) is 0 Å². The largest absolute Gasteiger partial charge is 0.365 e. The van der Waals surface area contributed by atoms with E-state index in [0.29, 0.717) is 5.91 Å². The lowest BCUT2D eigenvalue weighted by Crippen LogP contribution is -2.48. The predicted octanol–water partition coefficient (Wildman–Crippen LogP) is 5.57. The Hall–Kier alpha value is -2.17. The van der Waals surface area contributed by atoms with Crippen LogP contribution in [0.3, 0.4) is 0 Å². The first-order valence-electron chi connectivity index (χ1n) is 13.2. The van der Waals surface area contributed by atoms with Crippen molar-refractivity contribution in [1.29, 1.82) is 0 Å². The molecule has 2 fully saturated rings. The van der Waals surface area contributed by atoms with Gasteiger partial charge in [0.15, 0.2) is 0 Å². The van der Waals surface area contributed by atoms with Crippen molar-refractivity contribution in [1.82, 2.24) is 9.80 Å². The quantitative estimate of drug-likeness (QED) is 0.565. The number of likely N-dealkylation sites (N-methyl/N-ethyl adjacent to an activating group) is 1. The highest BCUT2D eigenvalue weighted by atomic mass is 16.5. The topological polar surface area (TPSA) is 32.8 Å². The molecule has 0 aromatic heterocycles. The van der Waals surface area contributed by atoms with Gasteiger partial charge in [-0.15, -0.1) is 0 Å². The van der Waals surface area contributed by atoms with Gasteiger partial charge in [-0.1, -0.05) is 66.9 Å². The number of likely N-dealkylation sites (tertiary alicyclic amines) is 1. The van der Waals surface area contributed by atoms with Crippen molar-refractivity contribution < 1.29 is 9.53 Å². The lowest BCUT2D eigenvalue weighted by molar-refractivity contribution is -0.138. The van der Waals surface area contributed by atoms with Crippen LogP contribution >= 0.6 is 0 Å². The molecule has 2 aliphatic heterocycles. The SMILES string of the molecule is Cc1ccc(C2(C(=O)N(C)C(C)CCN3CCC4(CC3)OCc3ccccc34)CCCC2)cc1. The van der Waals surface area contributed by atoms with E-state index in [-0.39, 0.29) is 17.1 Å². The van der Waals surface area contributed by atoms with E-state index in [4.69, 9.17) is 4.74 Å². The predicted molar refractivity (Wildman–Crippen MR) is 137 cm³/mol. The third-order valence-electron chi connectivity index (χ3n) is 8.99. The van der Waals surface area contributed by atoms with Gasteiger partial charge in [0.2, 0.25) is 5.91 Å². The number of hydrogen-bond acceptors (Lipinski definition) is 3. The van der Waals surface area contributed by atoms with Crippen molar-refractivity contribution in [3.63, 3.8) is 0 Å². The maximum Gasteiger partial charge on any atom is 0.233 e. The molecule has 2 heterocycles. The number of nitrogens with zero attached hydrogens (tertiary/aromatic N) is 2. The molecule has 1 saturated heterocycles. The molecule has 0 N–H and O–H groups in total. The number of hydrogen-bond donors (Lipinski definition) is 0. The highest BCUT2D eigenvalue weighted by molar-refractivity contribution is 5.88. The third-order valence-corrected chi connectivity index (χ3v) is 8.99. The molecule has 3 aliphatic rings. The molecule has 5 rings (SSSR count). The van der Waals surface area contributed by atoms with Crippen LogP contribution in [-0.2, 0) is 27.2 Å². The van der Waals surface area contributed by atoms with E-state index in [1.807, 2.05) is 11.9 Å². The Bertz CT molecular complexity index is 1000. The Balaban J connectivity index is 1.18. The molecular weight excluding hydrogens is 420 g/mol. The number of fused-ring (bicyclic) bond motifs is 2. The minimum Gasteiger partial charge on any atom is -0.365 e. The summed E-state index contributed by atoms with van der Waals surface area (Å²) in [7, 11) is 2.02. The highest BCUT2D eigenvalue weighted by Crippen LogP contribution is 2.45. The van der Waals surface area contributed by atoms with E-state index in [1.165, 1.54) is 22.3 Å². The molecule has 4 heteroatoms. The average molecular weight is 461 g/mol. The molecule has 1 spiro atoms. The molecule has 4 nitrogen and oxygen atoms in total. The molecule has 0 radical (unpaired) electrons. The lowest BCUT2D eigenvalue weighted by Gasteiger charge is -2.40. The molecule has 2 aromatic rings. The first-order valence-corrected chi connectivity index (χ1v) is 13.2. The van der Waals surface area contributed by atoms with Crippen LogP contribution in [0, 0.1) is 6.92 Å². The van der Waals surface area contributed by atoms with Crippen molar-refractivity contribution in [2.45, 2.75) is 82.5 Å².